The molecule has 0 radical (unpaired) electrons. The van der Waals surface area contributed by atoms with E-state index in [0.29, 0.717) is 5.82 Å². The van der Waals surface area contributed by atoms with Crippen LogP contribution in [0.5, 0.6) is 0 Å². The lowest BCUT2D eigenvalue weighted by Crippen LogP contribution is -2.05. The van der Waals surface area contributed by atoms with Crippen molar-refractivity contribution in [3.05, 3.63) is 29.7 Å². The third-order valence-electron chi connectivity index (χ3n) is 2.19. The van der Waals surface area contributed by atoms with Gasteiger partial charge in [-0.15, -0.1) is 0 Å². The van der Waals surface area contributed by atoms with Gasteiger partial charge in [0.25, 0.3) is 0 Å². The summed E-state index contributed by atoms with van der Waals surface area (Å²) in [5.41, 5.74) is -0.642. The Morgan fingerprint density at radius 2 is 2.18 bits per heavy atom. The Bertz CT molecular complexity index is 533. The predicted octanol–water partition coefficient (Wildman–Crippen LogP) is 1.67. The van der Waals surface area contributed by atoms with Crippen LogP contribution in [0.3, 0.4) is 0 Å². The zero-order valence-corrected chi connectivity index (χ0v) is 8.94. The third kappa shape index (κ3) is 2.55. The minimum atomic E-state index is -4.39. The van der Waals surface area contributed by atoms with Crippen LogP contribution in [0.1, 0.15) is 18.3 Å². The molecule has 0 aliphatic heterocycles. The molecular formula is C10H10F3N3O. The highest BCUT2D eigenvalue weighted by Gasteiger charge is 2.30. The largest absolute Gasteiger partial charge is 0.416 e. The second-order valence-corrected chi connectivity index (χ2v) is 3.80. The molecule has 0 aromatic carbocycles. The van der Waals surface area contributed by atoms with E-state index in [2.05, 4.69) is 10.1 Å². The molecule has 0 saturated carbocycles. The van der Waals surface area contributed by atoms with E-state index in [9.17, 15) is 13.2 Å². The molecule has 1 atom stereocenters. The summed E-state index contributed by atoms with van der Waals surface area (Å²) in [5.74, 6) is 0.319. The molecule has 0 amide bonds. The number of aliphatic hydroxyl groups excluding tert-OH is 1. The zero-order valence-electron chi connectivity index (χ0n) is 8.94. The van der Waals surface area contributed by atoms with E-state index in [1.807, 2.05) is 0 Å². The van der Waals surface area contributed by atoms with E-state index in [4.69, 9.17) is 5.11 Å². The molecule has 0 saturated heterocycles. The number of aromatic nitrogens is 3. The molecule has 92 valence electrons. The lowest BCUT2D eigenvalue weighted by Gasteiger charge is -2.05. The standard InChI is InChI=1S/C10H10F3N3O/c1-6(17)4-8-14-9-5-7(10(11,12)13)2-3-16(9)15-8/h2-3,5-6,17H,4H2,1H3. The van der Waals surface area contributed by atoms with Crippen molar-refractivity contribution < 1.29 is 18.3 Å². The van der Waals surface area contributed by atoms with Gasteiger partial charge in [0.1, 0.15) is 0 Å². The van der Waals surface area contributed by atoms with E-state index in [0.717, 1.165) is 12.1 Å². The fraction of sp³-hybridized carbons (Fsp3) is 0.400. The van der Waals surface area contributed by atoms with Crippen molar-refractivity contribution in [2.24, 2.45) is 0 Å². The number of alkyl halides is 3. The molecule has 2 aromatic rings. The average Bonchev–Trinajstić information content (AvgIpc) is 2.55. The topological polar surface area (TPSA) is 50.4 Å². The van der Waals surface area contributed by atoms with Gasteiger partial charge < -0.3 is 5.11 Å². The molecule has 2 heterocycles. The van der Waals surface area contributed by atoms with Gasteiger partial charge in [0.2, 0.25) is 0 Å². The average molecular weight is 245 g/mol. The van der Waals surface area contributed by atoms with Crippen molar-refractivity contribution in [1.29, 1.82) is 0 Å². The molecule has 17 heavy (non-hydrogen) atoms. The van der Waals surface area contributed by atoms with Crippen molar-refractivity contribution in [2.75, 3.05) is 0 Å². The Hall–Kier alpha value is -1.63. The Morgan fingerprint density at radius 3 is 2.76 bits per heavy atom. The summed E-state index contributed by atoms with van der Waals surface area (Å²) in [7, 11) is 0. The Balaban J connectivity index is 2.41. The monoisotopic (exact) mass is 245 g/mol. The van der Waals surface area contributed by atoms with E-state index in [1.54, 1.807) is 6.92 Å². The summed E-state index contributed by atoms with van der Waals surface area (Å²) in [5, 5.41) is 13.1. The number of aliphatic hydroxyl groups is 1. The lowest BCUT2D eigenvalue weighted by molar-refractivity contribution is -0.137. The van der Waals surface area contributed by atoms with Gasteiger partial charge in [0.15, 0.2) is 11.5 Å². The SMILES string of the molecule is CC(O)Cc1nc2cc(C(F)(F)F)ccn2n1. The van der Waals surface area contributed by atoms with Crippen molar-refractivity contribution in [3.8, 4) is 0 Å². The fourth-order valence-electron chi connectivity index (χ4n) is 1.45. The zero-order chi connectivity index (χ0) is 12.6. The van der Waals surface area contributed by atoms with Crippen LogP contribution in [-0.4, -0.2) is 25.8 Å². The van der Waals surface area contributed by atoms with Crippen LogP contribution in [0, 0.1) is 0 Å². The normalized spacial score (nSPS) is 14.2. The van der Waals surface area contributed by atoms with Crippen molar-refractivity contribution in [1.82, 2.24) is 14.6 Å². The number of halogens is 3. The summed E-state index contributed by atoms with van der Waals surface area (Å²) >= 11 is 0. The van der Waals surface area contributed by atoms with Crippen molar-refractivity contribution in [2.45, 2.75) is 25.6 Å². The molecule has 2 aromatic heterocycles. The number of hydrogen-bond acceptors (Lipinski definition) is 3. The van der Waals surface area contributed by atoms with E-state index in [-0.39, 0.29) is 12.1 Å². The molecule has 1 N–H and O–H groups in total. The van der Waals surface area contributed by atoms with Gasteiger partial charge in [-0.1, -0.05) is 0 Å². The number of pyridine rings is 1. The first-order chi connectivity index (χ1) is 7.86. The molecule has 0 aliphatic rings. The molecule has 2 rings (SSSR count). The van der Waals surface area contributed by atoms with Crippen LogP contribution in [-0.2, 0) is 12.6 Å². The summed E-state index contributed by atoms with van der Waals surface area (Å²) in [6, 6.07) is 1.87. The minimum Gasteiger partial charge on any atom is -0.393 e. The Labute approximate surface area is 94.7 Å². The Morgan fingerprint density at radius 1 is 1.47 bits per heavy atom. The van der Waals surface area contributed by atoms with Gasteiger partial charge in [-0.25, -0.2) is 9.50 Å². The second kappa shape index (κ2) is 3.99. The van der Waals surface area contributed by atoms with E-state index < -0.39 is 17.8 Å². The second-order valence-electron chi connectivity index (χ2n) is 3.80. The predicted molar refractivity (Wildman–Crippen MR) is 53.4 cm³/mol. The number of hydrogen-bond donors (Lipinski definition) is 1. The smallest absolute Gasteiger partial charge is 0.393 e. The molecule has 4 nitrogen and oxygen atoms in total. The van der Waals surface area contributed by atoms with Gasteiger partial charge in [-0.3, -0.25) is 0 Å². The van der Waals surface area contributed by atoms with Gasteiger partial charge in [0, 0.05) is 12.6 Å². The van der Waals surface area contributed by atoms with Gasteiger partial charge in [-0.05, 0) is 19.1 Å². The fourth-order valence-corrected chi connectivity index (χ4v) is 1.45. The third-order valence-corrected chi connectivity index (χ3v) is 2.19. The van der Waals surface area contributed by atoms with Crippen LogP contribution in [0.4, 0.5) is 13.2 Å². The first-order valence-electron chi connectivity index (χ1n) is 4.97. The van der Waals surface area contributed by atoms with Gasteiger partial charge >= 0.3 is 6.18 Å². The van der Waals surface area contributed by atoms with Crippen LogP contribution in [0.15, 0.2) is 18.3 Å². The van der Waals surface area contributed by atoms with Crippen LogP contribution < -0.4 is 0 Å². The summed E-state index contributed by atoms with van der Waals surface area (Å²) in [6.07, 6.45) is -3.60. The van der Waals surface area contributed by atoms with Gasteiger partial charge in [-0.2, -0.15) is 18.3 Å². The van der Waals surface area contributed by atoms with Crippen molar-refractivity contribution in [3.63, 3.8) is 0 Å². The van der Waals surface area contributed by atoms with Crippen molar-refractivity contribution >= 4 is 5.65 Å². The summed E-state index contributed by atoms with van der Waals surface area (Å²) in [4.78, 5) is 3.92. The molecule has 0 bridgehead atoms. The van der Waals surface area contributed by atoms with Crippen LogP contribution in [0.2, 0.25) is 0 Å². The highest BCUT2D eigenvalue weighted by atomic mass is 19.4. The van der Waals surface area contributed by atoms with Crippen LogP contribution in [0.25, 0.3) is 5.65 Å². The Kier molecular flexibility index (Phi) is 2.78. The highest BCUT2D eigenvalue weighted by molar-refractivity contribution is 5.41. The van der Waals surface area contributed by atoms with Crippen LogP contribution >= 0.6 is 0 Å². The first kappa shape index (κ1) is 11.8. The molecule has 7 heteroatoms. The quantitative estimate of drug-likeness (QED) is 0.875. The molecule has 1 unspecified atom stereocenters. The minimum absolute atomic E-state index is 0.121. The maximum absolute atomic E-state index is 12.4. The summed E-state index contributed by atoms with van der Waals surface area (Å²) < 4.78 is 38.6. The van der Waals surface area contributed by atoms with Gasteiger partial charge in [0.05, 0.1) is 11.7 Å². The van der Waals surface area contributed by atoms with E-state index in [1.165, 1.54) is 10.7 Å². The maximum atomic E-state index is 12.4. The summed E-state index contributed by atoms with van der Waals surface area (Å²) in [6.45, 7) is 1.56. The number of rotatable bonds is 2. The first-order valence-corrected chi connectivity index (χ1v) is 4.97. The molecule has 0 spiro atoms. The molecular weight excluding hydrogens is 235 g/mol. The maximum Gasteiger partial charge on any atom is 0.416 e. The number of nitrogens with zero attached hydrogens (tertiary/aromatic N) is 3. The molecule has 0 fully saturated rings. The number of fused-ring (bicyclic) bond motifs is 1. The highest BCUT2D eigenvalue weighted by Crippen LogP contribution is 2.29. The molecule has 0 aliphatic carbocycles. The lowest BCUT2D eigenvalue weighted by atomic mass is 10.2. The van der Waals surface area contributed by atoms with E-state index >= 15 is 0 Å².